The molecule has 3 aromatic rings. The van der Waals surface area contributed by atoms with Crippen LogP contribution in [-0.4, -0.2) is 38.5 Å². The van der Waals surface area contributed by atoms with Crippen molar-refractivity contribution >= 4 is 33.8 Å². The lowest BCUT2D eigenvalue weighted by molar-refractivity contribution is 0.0754. The Labute approximate surface area is 169 Å². The molecule has 0 aliphatic heterocycles. The van der Waals surface area contributed by atoms with Crippen LogP contribution in [0.4, 0.5) is 0 Å². The van der Waals surface area contributed by atoms with Crippen LogP contribution in [0.2, 0.25) is 5.02 Å². The topological polar surface area (TPSA) is 50.5 Å². The van der Waals surface area contributed by atoms with E-state index in [1.165, 1.54) is 11.3 Å². The highest BCUT2D eigenvalue weighted by molar-refractivity contribution is 7.19. The molecule has 0 N–H and O–H groups in total. The molecule has 7 heteroatoms. The van der Waals surface area contributed by atoms with E-state index in [4.69, 9.17) is 11.6 Å². The maximum atomic E-state index is 13.1. The van der Waals surface area contributed by atoms with Gasteiger partial charge in [-0.25, -0.2) is 4.52 Å². The van der Waals surface area contributed by atoms with Crippen LogP contribution in [0.5, 0.6) is 0 Å². The summed E-state index contributed by atoms with van der Waals surface area (Å²) in [6.07, 6.45) is 4.20. The molecule has 2 heterocycles. The fraction of sp³-hybridized carbons (Fsp3) is 0.450. The molecule has 0 atom stereocenters. The molecule has 5 nitrogen and oxygen atoms in total. The number of amides is 1. The third-order valence-corrected chi connectivity index (χ3v) is 5.94. The first kappa shape index (κ1) is 19.8. The number of thiazole rings is 1. The summed E-state index contributed by atoms with van der Waals surface area (Å²) in [6.45, 7) is 7.84. The predicted octanol–water partition coefficient (Wildman–Crippen LogP) is 5.46. The van der Waals surface area contributed by atoms with E-state index in [1.807, 2.05) is 36.1 Å². The summed E-state index contributed by atoms with van der Waals surface area (Å²) in [4.78, 5) is 21.2. The van der Waals surface area contributed by atoms with Crippen molar-refractivity contribution in [2.24, 2.45) is 0 Å². The van der Waals surface area contributed by atoms with Crippen LogP contribution in [0.25, 0.3) is 16.3 Å². The zero-order chi connectivity index (χ0) is 19.4. The Kier molecular flexibility index (Phi) is 6.50. The highest BCUT2D eigenvalue weighted by atomic mass is 35.5. The zero-order valence-electron chi connectivity index (χ0n) is 16.0. The van der Waals surface area contributed by atoms with E-state index in [1.54, 1.807) is 4.52 Å². The van der Waals surface area contributed by atoms with Crippen LogP contribution in [0.15, 0.2) is 24.3 Å². The van der Waals surface area contributed by atoms with Crippen molar-refractivity contribution in [1.82, 2.24) is 19.5 Å². The van der Waals surface area contributed by atoms with Gasteiger partial charge in [0.25, 0.3) is 5.91 Å². The Balaban J connectivity index is 1.88. The quantitative estimate of drug-likeness (QED) is 0.500. The normalized spacial score (nSPS) is 11.3. The molecule has 0 saturated heterocycles. The lowest BCUT2D eigenvalue weighted by atomic mass is 10.2. The van der Waals surface area contributed by atoms with Gasteiger partial charge in [-0.2, -0.15) is 4.98 Å². The molecule has 1 amide bonds. The molecule has 0 unspecified atom stereocenters. The lowest BCUT2D eigenvalue weighted by Crippen LogP contribution is -2.32. The van der Waals surface area contributed by atoms with Gasteiger partial charge in [0.1, 0.15) is 4.88 Å². The number of carbonyl (C=O) groups is 1. The predicted molar refractivity (Wildman–Crippen MR) is 112 cm³/mol. The largest absolute Gasteiger partial charge is 0.338 e. The average molecular weight is 405 g/mol. The monoisotopic (exact) mass is 404 g/mol. The third-order valence-electron chi connectivity index (χ3n) is 4.56. The van der Waals surface area contributed by atoms with Crippen molar-refractivity contribution in [1.29, 1.82) is 0 Å². The van der Waals surface area contributed by atoms with E-state index in [0.717, 1.165) is 59.9 Å². The highest BCUT2D eigenvalue weighted by Gasteiger charge is 2.23. The minimum absolute atomic E-state index is 0.0970. The number of hydrogen-bond acceptors (Lipinski definition) is 4. The van der Waals surface area contributed by atoms with Crippen LogP contribution in [0.3, 0.4) is 0 Å². The lowest BCUT2D eigenvalue weighted by Gasteiger charge is -2.22. The Morgan fingerprint density at radius 1 is 1.15 bits per heavy atom. The second-order valence-corrected chi connectivity index (χ2v) is 8.07. The van der Waals surface area contributed by atoms with Crippen LogP contribution in [0.1, 0.15) is 54.9 Å². The molecule has 0 fully saturated rings. The van der Waals surface area contributed by atoms with Crippen molar-refractivity contribution in [3.63, 3.8) is 0 Å². The highest BCUT2D eigenvalue weighted by Crippen LogP contribution is 2.27. The van der Waals surface area contributed by atoms with Crippen LogP contribution < -0.4 is 0 Å². The molecular weight excluding hydrogens is 380 g/mol. The molecule has 1 aromatic carbocycles. The Morgan fingerprint density at radius 2 is 1.78 bits per heavy atom. The maximum absolute atomic E-state index is 13.1. The van der Waals surface area contributed by atoms with Gasteiger partial charge in [0.05, 0.1) is 5.69 Å². The molecule has 3 rings (SSSR count). The van der Waals surface area contributed by atoms with Crippen LogP contribution >= 0.6 is 22.9 Å². The number of carbonyl (C=O) groups excluding carboxylic acids is 1. The first-order valence-electron chi connectivity index (χ1n) is 9.46. The summed E-state index contributed by atoms with van der Waals surface area (Å²) in [6, 6.07) is 7.46. The van der Waals surface area contributed by atoms with Gasteiger partial charge in [-0.15, -0.1) is 5.10 Å². The number of rotatable bonds is 8. The molecule has 0 aliphatic carbocycles. The summed E-state index contributed by atoms with van der Waals surface area (Å²) in [7, 11) is 0. The number of fused-ring (bicyclic) bond motifs is 1. The zero-order valence-corrected chi connectivity index (χ0v) is 17.6. The number of nitrogens with zero attached hydrogens (tertiary/aromatic N) is 4. The summed E-state index contributed by atoms with van der Waals surface area (Å²) in [5, 5.41) is 5.28. The summed E-state index contributed by atoms with van der Waals surface area (Å²) in [5.74, 6) is 0.744. The molecule has 0 radical (unpaired) electrons. The minimum atomic E-state index is 0.0970. The van der Waals surface area contributed by atoms with Crippen molar-refractivity contribution in [3.05, 3.63) is 39.9 Å². The minimum Gasteiger partial charge on any atom is -0.338 e. The van der Waals surface area contributed by atoms with Gasteiger partial charge >= 0.3 is 0 Å². The number of halogens is 1. The van der Waals surface area contributed by atoms with Crippen LogP contribution in [-0.2, 0) is 0 Å². The van der Waals surface area contributed by atoms with Gasteiger partial charge in [-0.1, -0.05) is 49.6 Å². The van der Waals surface area contributed by atoms with E-state index in [2.05, 4.69) is 23.9 Å². The van der Waals surface area contributed by atoms with Gasteiger partial charge in [0.15, 0.2) is 5.82 Å². The first-order chi connectivity index (χ1) is 13.0. The first-order valence-corrected chi connectivity index (χ1v) is 10.7. The molecule has 0 bridgehead atoms. The van der Waals surface area contributed by atoms with E-state index >= 15 is 0 Å². The second-order valence-electron chi connectivity index (χ2n) is 6.65. The fourth-order valence-corrected chi connectivity index (χ4v) is 4.08. The molecule has 0 aliphatic rings. The molecule has 27 heavy (non-hydrogen) atoms. The SMILES string of the molecule is CCCCN(CCCC)C(=O)c1sc2nc(-c3ccc(Cl)cc3)nn2c1C. The Bertz CT molecular complexity index is 908. The Morgan fingerprint density at radius 3 is 2.33 bits per heavy atom. The number of unbranched alkanes of at least 4 members (excludes halogenated alkanes) is 2. The number of hydrogen-bond donors (Lipinski definition) is 0. The molecule has 0 saturated carbocycles. The van der Waals surface area contributed by atoms with E-state index < -0.39 is 0 Å². The second kappa shape index (κ2) is 8.85. The number of benzene rings is 1. The standard InChI is InChI=1S/C20H25ClN4OS/c1-4-6-12-24(13-7-5-2)19(26)17-14(3)25-20(27-17)22-18(23-25)15-8-10-16(21)11-9-15/h8-11H,4-7,12-13H2,1-3H3. The molecule has 0 spiro atoms. The number of aromatic nitrogens is 3. The smallest absolute Gasteiger partial charge is 0.265 e. The van der Waals surface area contributed by atoms with Gasteiger partial charge in [0, 0.05) is 23.7 Å². The maximum Gasteiger partial charge on any atom is 0.265 e. The van der Waals surface area contributed by atoms with E-state index in [-0.39, 0.29) is 5.91 Å². The molecule has 2 aromatic heterocycles. The fourth-order valence-electron chi connectivity index (χ4n) is 2.92. The van der Waals surface area contributed by atoms with Gasteiger partial charge in [0.2, 0.25) is 4.96 Å². The third kappa shape index (κ3) is 4.33. The Hall–Kier alpha value is -1.92. The summed E-state index contributed by atoms with van der Waals surface area (Å²) >= 11 is 7.37. The van der Waals surface area contributed by atoms with Gasteiger partial charge in [-0.05, 0) is 44.0 Å². The average Bonchev–Trinajstić information content (AvgIpc) is 3.21. The van der Waals surface area contributed by atoms with Gasteiger partial charge < -0.3 is 4.90 Å². The van der Waals surface area contributed by atoms with Crippen molar-refractivity contribution < 1.29 is 4.79 Å². The van der Waals surface area contributed by atoms with Crippen molar-refractivity contribution in [3.8, 4) is 11.4 Å². The molecular formula is C20H25ClN4OS. The van der Waals surface area contributed by atoms with Gasteiger partial charge in [-0.3, -0.25) is 4.79 Å². The summed E-state index contributed by atoms with van der Waals surface area (Å²) < 4.78 is 1.78. The van der Waals surface area contributed by atoms with E-state index in [9.17, 15) is 4.79 Å². The summed E-state index contributed by atoms with van der Waals surface area (Å²) in [5.41, 5.74) is 1.76. The number of aryl methyl sites for hydroxylation is 1. The van der Waals surface area contributed by atoms with Crippen molar-refractivity contribution in [2.75, 3.05) is 13.1 Å². The molecule has 144 valence electrons. The van der Waals surface area contributed by atoms with E-state index in [0.29, 0.717) is 10.8 Å². The van der Waals surface area contributed by atoms with Crippen molar-refractivity contribution in [2.45, 2.75) is 46.5 Å². The van der Waals surface area contributed by atoms with Crippen LogP contribution in [0, 0.1) is 6.92 Å².